The van der Waals surface area contributed by atoms with Gasteiger partial charge in [0.1, 0.15) is 0 Å². The highest BCUT2D eigenvalue weighted by Gasteiger charge is 2.42. The van der Waals surface area contributed by atoms with Gasteiger partial charge in [0.2, 0.25) is 5.91 Å². The van der Waals surface area contributed by atoms with Crippen LogP contribution < -0.4 is 10.2 Å². The first kappa shape index (κ1) is 21.9. The average Bonchev–Trinajstić information content (AvgIpc) is 3.37. The highest BCUT2D eigenvalue weighted by atomic mass is 35.5. The van der Waals surface area contributed by atoms with Crippen LogP contribution in [0.3, 0.4) is 0 Å². The molecule has 5 nitrogen and oxygen atoms in total. The minimum atomic E-state index is -0.487. The first-order valence-corrected chi connectivity index (χ1v) is 12.3. The number of carbonyl (C=O) groups is 1. The standard InChI is InChI=1S/C27H29ClN4O/c28-22-10-8-21(9-11-22)27(16-2-3-17-27)26(33)29-23-12-6-20(7-13-23)24-14-15-25(31-30-24)32-18-4-1-5-19-32/h6-15H,1-5,16-19H2,(H,29,33). The maximum Gasteiger partial charge on any atom is 0.235 e. The molecule has 2 aromatic carbocycles. The van der Waals surface area contributed by atoms with E-state index in [4.69, 9.17) is 11.6 Å². The van der Waals surface area contributed by atoms with Gasteiger partial charge in [-0.3, -0.25) is 4.79 Å². The third-order valence-corrected chi connectivity index (χ3v) is 7.31. The van der Waals surface area contributed by atoms with E-state index >= 15 is 0 Å². The van der Waals surface area contributed by atoms with Crippen molar-refractivity contribution in [1.29, 1.82) is 0 Å². The molecule has 1 amide bonds. The molecule has 170 valence electrons. The Morgan fingerprint density at radius 2 is 1.52 bits per heavy atom. The summed E-state index contributed by atoms with van der Waals surface area (Å²) >= 11 is 6.07. The predicted molar refractivity (Wildman–Crippen MR) is 134 cm³/mol. The Kier molecular flexibility index (Phi) is 6.32. The molecule has 0 spiro atoms. The summed E-state index contributed by atoms with van der Waals surface area (Å²) < 4.78 is 0. The lowest BCUT2D eigenvalue weighted by atomic mass is 9.78. The fraction of sp³-hybridized carbons (Fsp3) is 0.370. The van der Waals surface area contributed by atoms with E-state index in [1.54, 1.807) is 0 Å². The fourth-order valence-electron chi connectivity index (χ4n) is 5.14. The van der Waals surface area contributed by atoms with Crippen molar-refractivity contribution in [3.63, 3.8) is 0 Å². The van der Waals surface area contributed by atoms with Crippen LogP contribution in [0.15, 0.2) is 60.7 Å². The number of hydrogen-bond donors (Lipinski definition) is 1. The van der Waals surface area contributed by atoms with Crippen LogP contribution in [0.4, 0.5) is 11.5 Å². The van der Waals surface area contributed by atoms with E-state index < -0.39 is 5.41 Å². The number of carbonyl (C=O) groups excluding carboxylic acids is 1. The monoisotopic (exact) mass is 460 g/mol. The maximum atomic E-state index is 13.4. The van der Waals surface area contributed by atoms with Gasteiger partial charge in [-0.25, -0.2) is 0 Å². The molecule has 0 unspecified atom stereocenters. The molecule has 2 aliphatic rings. The van der Waals surface area contributed by atoms with Gasteiger partial charge in [0.25, 0.3) is 0 Å². The summed E-state index contributed by atoms with van der Waals surface area (Å²) in [6.45, 7) is 2.11. The Labute approximate surface area is 200 Å². The first-order chi connectivity index (χ1) is 16.1. The zero-order valence-corrected chi connectivity index (χ0v) is 19.5. The van der Waals surface area contributed by atoms with E-state index in [1.165, 1.54) is 19.3 Å². The van der Waals surface area contributed by atoms with E-state index in [0.717, 1.165) is 67.1 Å². The van der Waals surface area contributed by atoms with Gasteiger partial charge in [0.15, 0.2) is 5.82 Å². The van der Waals surface area contributed by atoms with Crippen molar-refractivity contribution in [2.24, 2.45) is 0 Å². The summed E-state index contributed by atoms with van der Waals surface area (Å²) in [6, 6.07) is 19.7. The molecule has 1 aliphatic heterocycles. The maximum absolute atomic E-state index is 13.4. The number of rotatable bonds is 5. The number of hydrogen-bond acceptors (Lipinski definition) is 4. The predicted octanol–water partition coefficient (Wildman–Crippen LogP) is 6.24. The summed E-state index contributed by atoms with van der Waals surface area (Å²) in [4.78, 5) is 15.7. The smallest absolute Gasteiger partial charge is 0.235 e. The molecule has 0 bridgehead atoms. The van der Waals surface area contributed by atoms with Crippen molar-refractivity contribution in [3.05, 3.63) is 71.2 Å². The van der Waals surface area contributed by atoms with Crippen LogP contribution in [0.5, 0.6) is 0 Å². The van der Waals surface area contributed by atoms with Crippen molar-refractivity contribution in [1.82, 2.24) is 10.2 Å². The Balaban J connectivity index is 1.29. The molecule has 3 aromatic rings. The second-order valence-corrected chi connectivity index (χ2v) is 9.59. The Bertz CT molecular complexity index is 1080. The molecule has 1 saturated heterocycles. The van der Waals surface area contributed by atoms with E-state index in [-0.39, 0.29) is 5.91 Å². The van der Waals surface area contributed by atoms with Crippen LogP contribution in [-0.4, -0.2) is 29.2 Å². The number of halogens is 1. The molecular weight excluding hydrogens is 432 g/mol. The van der Waals surface area contributed by atoms with Gasteiger partial charge in [-0.15, -0.1) is 10.2 Å². The second kappa shape index (κ2) is 9.52. The highest BCUT2D eigenvalue weighted by Crippen LogP contribution is 2.42. The lowest BCUT2D eigenvalue weighted by molar-refractivity contribution is -0.121. The summed E-state index contributed by atoms with van der Waals surface area (Å²) in [5, 5.41) is 12.7. The lowest BCUT2D eigenvalue weighted by Gasteiger charge is -2.28. The van der Waals surface area contributed by atoms with Crippen LogP contribution in [0.2, 0.25) is 5.02 Å². The lowest BCUT2D eigenvalue weighted by Crippen LogP contribution is -2.37. The Morgan fingerprint density at radius 3 is 2.15 bits per heavy atom. The summed E-state index contributed by atoms with van der Waals surface area (Å²) in [5.41, 5.74) is 3.17. The summed E-state index contributed by atoms with van der Waals surface area (Å²) in [6.07, 6.45) is 7.56. The van der Waals surface area contributed by atoms with Gasteiger partial charge in [-0.1, -0.05) is 48.7 Å². The van der Waals surface area contributed by atoms with Gasteiger partial charge in [-0.2, -0.15) is 0 Å². The third-order valence-electron chi connectivity index (χ3n) is 7.06. The third kappa shape index (κ3) is 4.60. The van der Waals surface area contributed by atoms with E-state index in [2.05, 4.69) is 26.5 Å². The Morgan fingerprint density at radius 1 is 0.818 bits per heavy atom. The minimum absolute atomic E-state index is 0.0562. The number of nitrogens with one attached hydrogen (secondary N) is 1. The molecule has 6 heteroatoms. The summed E-state index contributed by atoms with van der Waals surface area (Å²) in [5.74, 6) is 1.01. The number of anilines is 2. The number of amides is 1. The van der Waals surface area contributed by atoms with Crippen LogP contribution in [0, 0.1) is 0 Å². The largest absolute Gasteiger partial charge is 0.355 e. The van der Waals surface area contributed by atoms with E-state index in [9.17, 15) is 4.79 Å². The van der Waals surface area contributed by atoms with Crippen molar-refractivity contribution < 1.29 is 4.79 Å². The van der Waals surface area contributed by atoms with Crippen LogP contribution >= 0.6 is 11.6 Å². The molecule has 5 rings (SSSR count). The van der Waals surface area contributed by atoms with Crippen molar-refractivity contribution in [2.75, 3.05) is 23.3 Å². The number of nitrogens with zero attached hydrogens (tertiary/aromatic N) is 3. The first-order valence-electron chi connectivity index (χ1n) is 11.9. The normalized spacial score (nSPS) is 17.7. The summed E-state index contributed by atoms with van der Waals surface area (Å²) in [7, 11) is 0. The zero-order valence-electron chi connectivity index (χ0n) is 18.8. The topological polar surface area (TPSA) is 58.1 Å². The second-order valence-electron chi connectivity index (χ2n) is 9.15. The quantitative estimate of drug-likeness (QED) is 0.489. The molecule has 1 N–H and O–H groups in total. The van der Waals surface area contributed by atoms with Gasteiger partial charge >= 0.3 is 0 Å². The number of aromatic nitrogens is 2. The molecule has 0 radical (unpaired) electrons. The van der Waals surface area contributed by atoms with Crippen molar-refractivity contribution in [2.45, 2.75) is 50.4 Å². The zero-order chi connectivity index (χ0) is 22.7. The van der Waals surface area contributed by atoms with Gasteiger partial charge in [0, 0.05) is 29.4 Å². The molecule has 1 aliphatic carbocycles. The molecule has 0 atom stereocenters. The SMILES string of the molecule is O=C(Nc1ccc(-c2ccc(N3CCCCC3)nn2)cc1)C1(c2ccc(Cl)cc2)CCCC1. The van der Waals surface area contributed by atoms with Crippen LogP contribution in [0.25, 0.3) is 11.3 Å². The molecule has 33 heavy (non-hydrogen) atoms. The van der Waals surface area contributed by atoms with Crippen LogP contribution in [0.1, 0.15) is 50.5 Å². The van der Waals surface area contributed by atoms with Gasteiger partial charge < -0.3 is 10.2 Å². The van der Waals surface area contributed by atoms with Gasteiger partial charge in [-0.05, 0) is 74.1 Å². The minimum Gasteiger partial charge on any atom is -0.355 e. The molecule has 1 aromatic heterocycles. The van der Waals surface area contributed by atoms with Crippen LogP contribution in [-0.2, 0) is 10.2 Å². The molecule has 2 heterocycles. The fourth-order valence-corrected chi connectivity index (χ4v) is 5.27. The highest BCUT2D eigenvalue weighted by molar-refractivity contribution is 6.30. The number of piperidine rings is 1. The van der Waals surface area contributed by atoms with E-state index in [0.29, 0.717) is 5.02 Å². The number of benzene rings is 2. The van der Waals surface area contributed by atoms with E-state index in [1.807, 2.05) is 54.6 Å². The average molecular weight is 461 g/mol. The van der Waals surface area contributed by atoms with Crippen molar-refractivity contribution >= 4 is 29.0 Å². The molecule has 1 saturated carbocycles. The van der Waals surface area contributed by atoms with Gasteiger partial charge in [0.05, 0.1) is 11.1 Å². The van der Waals surface area contributed by atoms with Crippen molar-refractivity contribution in [3.8, 4) is 11.3 Å². The molecule has 2 fully saturated rings. The Hall–Kier alpha value is -2.92. The molecular formula is C27H29ClN4O.